The standard InChI is InChI=1S/C30H27N3O7S2/c1-13-4-2-3-5-18(13)31-19(34)12-40-15-8-6-14(7-9-15)21-22-16-10-17(25(22)41-27-26(21)42-30(39)32-27)24-23(16)28(37)33(29(24)38)11-20(35)36/h2-9,16-17,21-25H,10-12H2,1H3,(H,31,34)(H,32,39)(H,35,36)/t16?,17?,21-,22?,23?,24?,25?/m1/s1. The number of thioether (sulfide) groups is 1. The Bertz CT molecular complexity index is 1680. The number of carbonyl (C=O) groups excluding carboxylic acids is 3. The number of ether oxygens (including phenoxy) is 1. The molecule has 3 N–H and O–H groups in total. The van der Waals surface area contributed by atoms with Gasteiger partial charge in [-0.3, -0.25) is 28.9 Å². The number of carbonyl (C=O) groups is 4. The lowest BCUT2D eigenvalue weighted by atomic mass is 9.68. The van der Waals surface area contributed by atoms with Crippen LogP contribution >= 0.6 is 23.1 Å². The monoisotopic (exact) mass is 605 g/mol. The molecule has 3 aromatic rings. The zero-order chi connectivity index (χ0) is 29.3. The first-order valence-corrected chi connectivity index (χ1v) is 15.5. The average molecular weight is 606 g/mol. The van der Waals surface area contributed by atoms with Gasteiger partial charge in [-0.05, 0) is 60.4 Å². The number of rotatable bonds is 7. The Morgan fingerprint density at radius 3 is 2.48 bits per heavy atom. The fourth-order valence-electron chi connectivity index (χ4n) is 7.56. The van der Waals surface area contributed by atoms with E-state index in [1.165, 1.54) is 11.3 Å². The van der Waals surface area contributed by atoms with Gasteiger partial charge in [-0.15, -0.1) is 11.8 Å². The van der Waals surface area contributed by atoms with Gasteiger partial charge in [-0.25, -0.2) is 0 Å². The summed E-state index contributed by atoms with van der Waals surface area (Å²) in [5, 5.41) is 13.0. The maximum Gasteiger partial charge on any atom is 0.323 e. The van der Waals surface area contributed by atoms with Crippen LogP contribution in [0.25, 0.3) is 0 Å². The van der Waals surface area contributed by atoms with E-state index in [1.807, 2.05) is 43.3 Å². The molecule has 2 saturated carbocycles. The van der Waals surface area contributed by atoms with Gasteiger partial charge >= 0.3 is 10.8 Å². The number of likely N-dealkylation sites (tertiary alicyclic amines) is 1. The predicted octanol–water partition coefficient (Wildman–Crippen LogP) is 3.32. The number of anilines is 1. The van der Waals surface area contributed by atoms with Crippen LogP contribution in [0, 0.1) is 36.5 Å². The molecule has 3 heterocycles. The predicted molar refractivity (Wildman–Crippen MR) is 155 cm³/mol. The second kappa shape index (κ2) is 10.1. The Balaban J connectivity index is 1.13. The van der Waals surface area contributed by atoms with Gasteiger partial charge in [-0.2, -0.15) is 0 Å². The van der Waals surface area contributed by atoms with Crippen LogP contribution in [-0.4, -0.2) is 57.1 Å². The van der Waals surface area contributed by atoms with E-state index in [0.717, 1.165) is 38.0 Å². The Morgan fingerprint density at radius 2 is 1.76 bits per heavy atom. The summed E-state index contributed by atoms with van der Waals surface area (Å²) in [5.41, 5.74) is 2.65. The van der Waals surface area contributed by atoms with E-state index >= 15 is 0 Å². The van der Waals surface area contributed by atoms with Crippen LogP contribution in [0.5, 0.6) is 5.75 Å². The minimum atomic E-state index is -1.21. The summed E-state index contributed by atoms with van der Waals surface area (Å²) in [6.45, 7) is 1.15. The number of fused-ring (bicyclic) bond motifs is 9. The Kier molecular flexibility index (Phi) is 6.50. The third-order valence-corrected chi connectivity index (χ3v) is 11.7. The van der Waals surface area contributed by atoms with E-state index in [9.17, 15) is 29.1 Å². The number of nitrogens with one attached hydrogen (secondary N) is 2. The minimum Gasteiger partial charge on any atom is -0.484 e. The van der Waals surface area contributed by atoms with Crippen LogP contribution in [0.2, 0.25) is 0 Å². The Hall–Kier alpha value is -3.90. The van der Waals surface area contributed by atoms with E-state index in [2.05, 4.69) is 10.3 Å². The van der Waals surface area contributed by atoms with Crippen molar-refractivity contribution in [3.05, 3.63) is 74.2 Å². The fourth-order valence-corrected chi connectivity index (χ4v) is 10.5. The summed E-state index contributed by atoms with van der Waals surface area (Å²) in [6, 6.07) is 15.0. The largest absolute Gasteiger partial charge is 0.484 e. The van der Waals surface area contributed by atoms with E-state index in [-0.39, 0.29) is 58.1 Å². The number of aliphatic carboxylic acids is 1. The first-order chi connectivity index (χ1) is 20.2. The van der Waals surface area contributed by atoms with Gasteiger partial charge in [0.05, 0.1) is 16.9 Å². The Labute approximate surface area is 248 Å². The molecule has 3 amide bonds. The van der Waals surface area contributed by atoms with Crippen molar-refractivity contribution in [3.63, 3.8) is 0 Å². The van der Waals surface area contributed by atoms with Gasteiger partial charge in [0.2, 0.25) is 11.8 Å². The topological polar surface area (TPSA) is 146 Å². The van der Waals surface area contributed by atoms with Gasteiger partial charge in [-0.1, -0.05) is 41.7 Å². The van der Waals surface area contributed by atoms with Crippen LogP contribution in [0.4, 0.5) is 5.69 Å². The number of thiazole rings is 1. The number of hydrogen-bond acceptors (Lipinski definition) is 8. The van der Waals surface area contributed by atoms with Crippen LogP contribution in [-0.2, 0) is 19.2 Å². The minimum absolute atomic E-state index is 0.00777. The number of amides is 3. The summed E-state index contributed by atoms with van der Waals surface area (Å²) >= 11 is 2.75. The lowest BCUT2D eigenvalue weighted by Gasteiger charge is -2.43. The molecule has 216 valence electrons. The molecule has 2 aliphatic heterocycles. The smallest absolute Gasteiger partial charge is 0.323 e. The highest BCUT2D eigenvalue weighted by Gasteiger charge is 2.69. The SMILES string of the molecule is Cc1ccccc1NC(=O)COc1ccc([C@H]2c3sc(=O)[nH]c3SC3C4CC(C5C(=O)N(CC(=O)O)C(=O)C45)C32)cc1. The number of benzene rings is 2. The molecule has 10 nitrogen and oxygen atoms in total. The third-order valence-electron chi connectivity index (χ3n) is 9.14. The summed E-state index contributed by atoms with van der Waals surface area (Å²) in [4.78, 5) is 67.5. The summed E-state index contributed by atoms with van der Waals surface area (Å²) in [5.74, 6) is -3.08. The van der Waals surface area contributed by atoms with Gasteiger partial charge < -0.3 is 20.1 Å². The van der Waals surface area contributed by atoms with Gasteiger partial charge in [0.1, 0.15) is 12.3 Å². The van der Waals surface area contributed by atoms with Crippen molar-refractivity contribution < 1.29 is 29.0 Å². The van der Waals surface area contributed by atoms with E-state index < -0.39 is 24.3 Å². The van der Waals surface area contributed by atoms with Crippen molar-refractivity contribution in [1.29, 1.82) is 0 Å². The van der Waals surface area contributed by atoms with Gasteiger partial charge in [0, 0.05) is 21.7 Å². The molecule has 1 saturated heterocycles. The number of nitrogens with zero attached hydrogens (tertiary/aromatic N) is 1. The number of H-pyrrole nitrogens is 1. The zero-order valence-electron chi connectivity index (χ0n) is 22.4. The number of imide groups is 1. The molecule has 7 rings (SSSR count). The van der Waals surface area contributed by atoms with E-state index in [4.69, 9.17) is 4.74 Å². The fraction of sp³-hybridized carbons (Fsp3) is 0.367. The zero-order valence-corrected chi connectivity index (χ0v) is 24.1. The van der Waals surface area contributed by atoms with Gasteiger partial charge in [0.15, 0.2) is 6.61 Å². The second-order valence-electron chi connectivity index (χ2n) is 11.3. The summed E-state index contributed by atoms with van der Waals surface area (Å²) in [6.07, 6.45) is 0.725. The Morgan fingerprint density at radius 1 is 1.05 bits per heavy atom. The number of aryl methyl sites for hydroxylation is 1. The van der Waals surface area contributed by atoms with Crippen LogP contribution in [0.1, 0.15) is 28.3 Å². The molecular weight excluding hydrogens is 578 g/mol. The summed E-state index contributed by atoms with van der Waals surface area (Å²) in [7, 11) is 0. The second-order valence-corrected chi connectivity index (χ2v) is 13.5. The first kappa shape index (κ1) is 27.0. The lowest BCUT2D eigenvalue weighted by Crippen LogP contribution is -2.42. The molecule has 6 unspecified atom stereocenters. The van der Waals surface area contributed by atoms with Crippen molar-refractivity contribution in [3.8, 4) is 5.75 Å². The molecule has 7 atom stereocenters. The van der Waals surface area contributed by atoms with Crippen LogP contribution in [0.15, 0.2) is 58.4 Å². The highest BCUT2D eigenvalue weighted by atomic mass is 32.2. The highest BCUT2D eigenvalue weighted by Crippen LogP contribution is 2.68. The molecule has 12 heteroatoms. The summed E-state index contributed by atoms with van der Waals surface area (Å²) < 4.78 is 5.75. The third kappa shape index (κ3) is 4.27. The number of hydrogen-bond donors (Lipinski definition) is 3. The number of carboxylic acids is 1. The molecular formula is C30H27N3O7S2. The van der Waals surface area contributed by atoms with Crippen molar-refractivity contribution in [1.82, 2.24) is 9.88 Å². The maximum atomic E-state index is 13.3. The number of para-hydroxylation sites is 1. The quantitative estimate of drug-likeness (QED) is 0.348. The molecule has 1 aromatic heterocycles. The van der Waals surface area contributed by atoms with Crippen LogP contribution in [0.3, 0.4) is 0 Å². The number of carboxylic acid groups (broad SMARTS) is 1. The van der Waals surface area contributed by atoms with Crippen molar-refractivity contribution in [2.24, 2.45) is 29.6 Å². The number of aromatic nitrogens is 1. The average Bonchev–Trinajstić information content (AvgIpc) is 3.69. The van der Waals surface area contributed by atoms with Crippen LogP contribution < -0.4 is 14.9 Å². The maximum absolute atomic E-state index is 13.3. The molecule has 4 aliphatic rings. The molecule has 2 aliphatic carbocycles. The van der Waals surface area contributed by atoms with Gasteiger partial charge in [0.25, 0.3) is 5.91 Å². The normalized spacial score (nSPS) is 28.8. The van der Waals surface area contributed by atoms with Crippen molar-refractivity contribution in [2.75, 3.05) is 18.5 Å². The lowest BCUT2D eigenvalue weighted by molar-refractivity contribution is -0.149. The van der Waals surface area contributed by atoms with E-state index in [1.54, 1.807) is 23.9 Å². The number of aromatic amines is 1. The highest BCUT2D eigenvalue weighted by molar-refractivity contribution is 8.00. The molecule has 2 bridgehead atoms. The molecule has 2 aromatic carbocycles. The van der Waals surface area contributed by atoms with Crippen molar-refractivity contribution in [2.45, 2.75) is 29.5 Å². The molecule has 3 fully saturated rings. The molecule has 0 radical (unpaired) electrons. The van der Waals surface area contributed by atoms with Crippen molar-refractivity contribution >= 4 is 52.5 Å². The van der Waals surface area contributed by atoms with E-state index in [0.29, 0.717) is 5.75 Å². The first-order valence-electron chi connectivity index (χ1n) is 13.8. The molecule has 42 heavy (non-hydrogen) atoms. The molecule has 0 spiro atoms.